The van der Waals surface area contributed by atoms with Crippen LogP contribution in [0.25, 0.3) is 0 Å². The molecule has 1 saturated heterocycles. The molecule has 0 saturated carbocycles. The van der Waals surface area contributed by atoms with Crippen molar-refractivity contribution in [1.82, 2.24) is 0 Å². The van der Waals surface area contributed by atoms with Gasteiger partial charge in [0, 0.05) is 18.2 Å². The predicted octanol–water partition coefficient (Wildman–Crippen LogP) is 2.76. The second kappa shape index (κ2) is 6.95. The lowest BCUT2D eigenvalue weighted by Gasteiger charge is -2.21. The quantitative estimate of drug-likeness (QED) is 0.745. The third kappa shape index (κ3) is 2.77. The van der Waals surface area contributed by atoms with Crippen molar-refractivity contribution in [3.05, 3.63) is 48.0 Å². The Kier molecular flexibility index (Phi) is 4.46. The van der Waals surface area contributed by atoms with Crippen molar-refractivity contribution in [3.8, 4) is 11.5 Å². The molecule has 0 unspecified atom stereocenters. The molecule has 2 heterocycles. The van der Waals surface area contributed by atoms with Gasteiger partial charge in [-0.2, -0.15) is 5.11 Å². The summed E-state index contributed by atoms with van der Waals surface area (Å²) in [4.78, 5) is 27.2. The number of anilines is 2. The summed E-state index contributed by atoms with van der Waals surface area (Å²) in [7, 11) is 3.08. The number of methoxy groups -OCH3 is 2. The third-order valence-corrected chi connectivity index (χ3v) is 4.99. The van der Waals surface area contributed by atoms with E-state index < -0.39 is 12.1 Å². The number of aryl methyl sites for hydroxylation is 1. The van der Waals surface area contributed by atoms with Gasteiger partial charge in [-0.05, 0) is 24.1 Å². The second-order valence-corrected chi connectivity index (χ2v) is 6.54. The first-order chi connectivity index (χ1) is 13.6. The van der Waals surface area contributed by atoms with Crippen molar-refractivity contribution in [2.45, 2.75) is 25.4 Å². The highest BCUT2D eigenvalue weighted by Gasteiger charge is 2.55. The van der Waals surface area contributed by atoms with E-state index in [0.717, 1.165) is 12.0 Å². The number of nitrogens with zero attached hydrogens (tertiary/aromatic N) is 4. The monoisotopic (exact) mass is 380 g/mol. The van der Waals surface area contributed by atoms with Crippen molar-refractivity contribution < 1.29 is 19.1 Å². The van der Waals surface area contributed by atoms with Gasteiger partial charge in [-0.3, -0.25) is 9.59 Å². The number of fused-ring (bicyclic) bond motifs is 1. The number of imide groups is 1. The molecule has 2 aliphatic heterocycles. The van der Waals surface area contributed by atoms with Crippen LogP contribution in [0.15, 0.2) is 52.8 Å². The van der Waals surface area contributed by atoms with Crippen LogP contribution in [0.2, 0.25) is 0 Å². The van der Waals surface area contributed by atoms with E-state index in [1.807, 2.05) is 19.1 Å². The number of rotatable bonds is 5. The number of hydrogen-bond donors (Lipinski definition) is 0. The van der Waals surface area contributed by atoms with Gasteiger partial charge in [-0.25, -0.2) is 9.91 Å². The maximum Gasteiger partial charge on any atom is 0.263 e. The Hall–Kier alpha value is -3.42. The van der Waals surface area contributed by atoms with Crippen molar-refractivity contribution in [2.75, 3.05) is 24.1 Å². The molecule has 0 spiro atoms. The van der Waals surface area contributed by atoms with Crippen LogP contribution in [0, 0.1) is 0 Å². The molecule has 0 bridgehead atoms. The first-order valence-electron chi connectivity index (χ1n) is 8.97. The predicted molar refractivity (Wildman–Crippen MR) is 103 cm³/mol. The average Bonchev–Trinajstić information content (AvgIpc) is 3.28. The molecule has 1 fully saturated rings. The molecule has 0 aliphatic carbocycles. The molecule has 2 aromatic carbocycles. The van der Waals surface area contributed by atoms with E-state index in [2.05, 4.69) is 10.3 Å². The van der Waals surface area contributed by atoms with Crippen molar-refractivity contribution in [3.63, 3.8) is 0 Å². The van der Waals surface area contributed by atoms with E-state index in [1.165, 1.54) is 9.91 Å². The van der Waals surface area contributed by atoms with Crippen molar-refractivity contribution in [2.24, 2.45) is 10.3 Å². The zero-order valence-corrected chi connectivity index (χ0v) is 15.8. The highest BCUT2D eigenvalue weighted by atomic mass is 16.5. The fourth-order valence-corrected chi connectivity index (χ4v) is 3.43. The Morgan fingerprint density at radius 3 is 2.14 bits per heavy atom. The molecule has 144 valence electrons. The van der Waals surface area contributed by atoms with Gasteiger partial charge in [-0.15, -0.1) is 0 Å². The maximum absolute atomic E-state index is 13.1. The van der Waals surface area contributed by atoms with Crippen LogP contribution in [0.5, 0.6) is 11.5 Å². The zero-order valence-electron chi connectivity index (χ0n) is 15.8. The molecule has 2 atom stereocenters. The average molecular weight is 380 g/mol. The fourth-order valence-electron chi connectivity index (χ4n) is 3.43. The van der Waals surface area contributed by atoms with Crippen molar-refractivity contribution in [1.29, 1.82) is 0 Å². The number of ether oxygens (including phenoxy) is 2. The fraction of sp³-hybridized carbons (Fsp3) is 0.300. The highest BCUT2D eigenvalue weighted by Crippen LogP contribution is 2.37. The Morgan fingerprint density at radius 2 is 1.57 bits per heavy atom. The smallest absolute Gasteiger partial charge is 0.263 e. The number of carbonyl (C=O) groups is 2. The lowest BCUT2D eigenvalue weighted by Crippen LogP contribution is -2.39. The molecular weight excluding hydrogens is 360 g/mol. The molecule has 0 aromatic heterocycles. The summed E-state index contributed by atoms with van der Waals surface area (Å²) >= 11 is 0. The maximum atomic E-state index is 13.1. The molecule has 2 aliphatic rings. The van der Waals surface area contributed by atoms with E-state index in [-0.39, 0.29) is 11.8 Å². The third-order valence-electron chi connectivity index (χ3n) is 4.99. The first kappa shape index (κ1) is 18.0. The van der Waals surface area contributed by atoms with Crippen LogP contribution in [-0.4, -0.2) is 38.1 Å². The van der Waals surface area contributed by atoms with E-state index in [1.54, 1.807) is 44.6 Å². The van der Waals surface area contributed by atoms with Gasteiger partial charge >= 0.3 is 0 Å². The molecular formula is C20H20N4O4. The number of benzene rings is 2. The SMILES string of the molecule is CCc1ccc(N2C(=O)[C@@H]3N=NN(c4cc(OC)cc(OC)c4)[C@H]3C2=O)cc1. The van der Waals surface area contributed by atoms with Gasteiger partial charge in [0.25, 0.3) is 11.8 Å². The van der Waals surface area contributed by atoms with Crippen molar-refractivity contribution >= 4 is 23.2 Å². The molecule has 28 heavy (non-hydrogen) atoms. The highest BCUT2D eigenvalue weighted by molar-refractivity contribution is 6.26. The number of hydrogen-bond acceptors (Lipinski definition) is 7. The summed E-state index contributed by atoms with van der Waals surface area (Å²) < 4.78 is 10.6. The van der Waals surface area contributed by atoms with Gasteiger partial charge in [0.15, 0.2) is 12.1 Å². The molecule has 2 aromatic rings. The van der Waals surface area contributed by atoms with Gasteiger partial charge in [0.2, 0.25) is 0 Å². The summed E-state index contributed by atoms with van der Waals surface area (Å²) in [6, 6.07) is 10.9. The summed E-state index contributed by atoms with van der Waals surface area (Å²) in [6.45, 7) is 2.05. The van der Waals surface area contributed by atoms with E-state index in [9.17, 15) is 9.59 Å². The second-order valence-electron chi connectivity index (χ2n) is 6.54. The molecule has 8 nitrogen and oxygen atoms in total. The topological polar surface area (TPSA) is 83.8 Å². The Bertz CT molecular complexity index is 935. The lowest BCUT2D eigenvalue weighted by atomic mass is 10.1. The molecule has 0 N–H and O–H groups in total. The Labute approximate surface area is 162 Å². The molecule has 0 radical (unpaired) electrons. The largest absolute Gasteiger partial charge is 0.497 e. The van der Waals surface area contributed by atoms with Crippen LogP contribution in [0.1, 0.15) is 12.5 Å². The van der Waals surface area contributed by atoms with Crippen LogP contribution in [0.4, 0.5) is 11.4 Å². The normalized spacial score (nSPS) is 20.7. The van der Waals surface area contributed by atoms with E-state index >= 15 is 0 Å². The summed E-state index contributed by atoms with van der Waals surface area (Å²) in [5.74, 6) is 0.375. The first-order valence-corrected chi connectivity index (χ1v) is 8.97. The Morgan fingerprint density at radius 1 is 0.929 bits per heavy atom. The minimum absolute atomic E-state index is 0.356. The van der Waals surface area contributed by atoms with Gasteiger partial charge in [0.1, 0.15) is 11.5 Å². The molecule has 2 amide bonds. The lowest BCUT2D eigenvalue weighted by molar-refractivity contribution is -0.121. The van der Waals surface area contributed by atoms with Crippen LogP contribution < -0.4 is 19.4 Å². The standard InChI is InChI=1S/C20H20N4O4/c1-4-12-5-7-13(8-6-12)23-19(25)17-18(20(23)26)24(22-21-17)14-9-15(27-2)11-16(10-14)28-3/h5-11,17-18H,4H2,1-3H3/t17-,18-/m1/s1. The molecule has 8 heteroatoms. The van der Waals surface area contributed by atoms with Gasteiger partial charge in [-0.1, -0.05) is 24.3 Å². The minimum atomic E-state index is -0.865. The number of amides is 2. The summed E-state index contributed by atoms with van der Waals surface area (Å²) in [5.41, 5.74) is 2.24. The van der Waals surface area contributed by atoms with E-state index in [0.29, 0.717) is 22.9 Å². The zero-order chi connectivity index (χ0) is 19.8. The van der Waals surface area contributed by atoms with E-state index in [4.69, 9.17) is 9.47 Å². The summed E-state index contributed by atoms with van der Waals surface area (Å²) in [5, 5.41) is 9.60. The summed E-state index contributed by atoms with van der Waals surface area (Å²) in [6.07, 6.45) is 0.882. The van der Waals surface area contributed by atoms with Crippen LogP contribution in [0.3, 0.4) is 0 Å². The number of carbonyl (C=O) groups excluding carboxylic acids is 2. The minimum Gasteiger partial charge on any atom is -0.497 e. The van der Waals surface area contributed by atoms with Crippen LogP contribution in [-0.2, 0) is 16.0 Å². The Balaban J connectivity index is 1.68. The van der Waals surface area contributed by atoms with Crippen LogP contribution >= 0.6 is 0 Å². The van der Waals surface area contributed by atoms with Gasteiger partial charge in [0.05, 0.1) is 25.6 Å². The molecule has 4 rings (SSSR count). The van der Waals surface area contributed by atoms with Gasteiger partial charge < -0.3 is 9.47 Å².